The maximum absolute atomic E-state index is 12.3. The molecule has 1 aromatic rings. The lowest BCUT2D eigenvalue weighted by Gasteiger charge is -2.19. The number of aromatic nitrogens is 2. The van der Waals surface area contributed by atoms with Crippen LogP contribution in [0.15, 0.2) is 17.1 Å². The normalized spacial score (nSPS) is 26.3. The molecule has 1 aliphatic heterocycles. The summed E-state index contributed by atoms with van der Waals surface area (Å²) in [4.78, 5) is 51.7. The van der Waals surface area contributed by atoms with Crippen LogP contribution < -0.4 is 10.4 Å². The molecule has 20 heteroatoms. The lowest BCUT2D eigenvalue weighted by atomic mass is 10.1. The molecular weight excluding hydrogens is 541 g/mol. The molecule has 17 nitrogen and oxygen atoms in total. The zero-order valence-corrected chi connectivity index (χ0v) is 21.0. The lowest BCUT2D eigenvalue weighted by Crippen LogP contribution is -2.36. The van der Waals surface area contributed by atoms with Gasteiger partial charge in [-0.15, -0.1) is 0 Å². The number of aliphatic hydroxyl groups excluding tert-OH is 2. The Morgan fingerprint density at radius 2 is 1.71 bits per heavy atom. The van der Waals surface area contributed by atoms with Gasteiger partial charge in [0, 0.05) is 12.3 Å². The second kappa shape index (κ2) is 12.5. The zero-order chi connectivity index (χ0) is 26.4. The fourth-order valence-electron chi connectivity index (χ4n) is 2.94. The number of aliphatic hydroxyl groups is 2. The van der Waals surface area contributed by atoms with Crippen molar-refractivity contribution in [3.8, 4) is 5.88 Å². The highest BCUT2D eigenvalue weighted by Gasteiger charge is 2.46. The Kier molecular flexibility index (Phi) is 10.8. The predicted octanol–water partition coefficient (Wildman–Crippen LogP) is 0.165. The van der Waals surface area contributed by atoms with Crippen LogP contribution in [-0.2, 0) is 31.6 Å². The minimum Gasteiger partial charge on any atom is -0.478 e. The molecule has 0 aromatic carbocycles. The van der Waals surface area contributed by atoms with E-state index in [0.29, 0.717) is 6.61 Å². The quantitative estimate of drug-likeness (QED) is 0.129. The summed E-state index contributed by atoms with van der Waals surface area (Å²) in [6.45, 7) is 1.39. The van der Waals surface area contributed by atoms with Gasteiger partial charge in [0.25, 0.3) is 0 Å². The van der Waals surface area contributed by atoms with Crippen molar-refractivity contribution in [1.82, 2.24) is 9.55 Å². The van der Waals surface area contributed by atoms with Crippen molar-refractivity contribution in [2.24, 2.45) is 0 Å². The average Bonchev–Trinajstić information content (AvgIpc) is 2.98. The molecule has 1 aromatic heterocycles. The van der Waals surface area contributed by atoms with Crippen molar-refractivity contribution in [2.75, 3.05) is 13.2 Å². The first-order valence-corrected chi connectivity index (χ1v) is 14.7. The molecule has 0 spiro atoms. The third kappa shape index (κ3) is 9.74. The van der Waals surface area contributed by atoms with Gasteiger partial charge in [-0.05, 0) is 6.42 Å². The highest BCUT2D eigenvalue weighted by Crippen LogP contribution is 2.66. The minimum atomic E-state index is -5.73. The molecule has 6 atom stereocenters. The summed E-state index contributed by atoms with van der Waals surface area (Å²) < 4.78 is 56.9. The van der Waals surface area contributed by atoms with E-state index in [0.717, 1.165) is 30.3 Å². The summed E-state index contributed by atoms with van der Waals surface area (Å²) in [5.74, 6) is 0.0417. The Labute approximate surface area is 198 Å². The van der Waals surface area contributed by atoms with E-state index in [1.165, 1.54) is 12.3 Å². The number of ether oxygens (including phenoxy) is 2. The second-order valence-electron chi connectivity index (χ2n) is 7.30. The van der Waals surface area contributed by atoms with Crippen LogP contribution in [0.25, 0.3) is 0 Å². The van der Waals surface area contributed by atoms with E-state index in [9.17, 15) is 33.6 Å². The molecule has 0 radical (unpaired) electrons. The van der Waals surface area contributed by atoms with Gasteiger partial charge < -0.3 is 39.3 Å². The van der Waals surface area contributed by atoms with E-state index >= 15 is 0 Å². The maximum Gasteiger partial charge on any atom is 0.490 e. The van der Waals surface area contributed by atoms with Gasteiger partial charge in [0.2, 0.25) is 5.88 Å². The maximum atomic E-state index is 12.3. The summed E-state index contributed by atoms with van der Waals surface area (Å²) in [6.07, 6.45) is -1.49. The number of hydrogen-bond acceptors (Lipinski definition) is 12. The fraction of sp³-hybridized carbons (Fsp3) is 0.733. The summed E-state index contributed by atoms with van der Waals surface area (Å²) in [7, 11) is -16.8. The molecule has 0 bridgehead atoms. The van der Waals surface area contributed by atoms with E-state index in [1.54, 1.807) is 0 Å². The van der Waals surface area contributed by atoms with Gasteiger partial charge >= 0.3 is 29.2 Å². The van der Waals surface area contributed by atoms with E-state index in [1.807, 2.05) is 0 Å². The highest BCUT2D eigenvalue weighted by molar-refractivity contribution is 7.66. The molecule has 2 unspecified atom stereocenters. The molecule has 2 rings (SSSR count). The molecule has 2 heterocycles. The summed E-state index contributed by atoms with van der Waals surface area (Å²) >= 11 is 0. The van der Waals surface area contributed by atoms with Crippen LogP contribution in [0.3, 0.4) is 0 Å². The van der Waals surface area contributed by atoms with Crippen molar-refractivity contribution in [3.63, 3.8) is 0 Å². The predicted molar refractivity (Wildman–Crippen MR) is 114 cm³/mol. The SMILES string of the molecule is CCCCCCOc1ccn([C@@H]2O[C@H](COP(=O)(O)OP(=O)(O)OP(=O)(O)O)[C@@H](O)[C@H]2O)c(=O)n1. The Hall–Kier alpha value is -1.03. The first kappa shape index (κ1) is 30.2. The summed E-state index contributed by atoms with van der Waals surface area (Å²) in [5.41, 5.74) is -0.888. The van der Waals surface area contributed by atoms with Crippen molar-refractivity contribution in [1.29, 1.82) is 0 Å². The minimum absolute atomic E-state index is 0.0417. The van der Waals surface area contributed by atoms with E-state index in [4.69, 9.17) is 24.2 Å². The van der Waals surface area contributed by atoms with E-state index in [-0.39, 0.29) is 5.88 Å². The molecule has 0 amide bonds. The van der Waals surface area contributed by atoms with E-state index < -0.39 is 60.3 Å². The zero-order valence-electron chi connectivity index (χ0n) is 18.3. The van der Waals surface area contributed by atoms with Crippen molar-refractivity contribution in [2.45, 2.75) is 57.1 Å². The number of phosphoric ester groups is 1. The van der Waals surface area contributed by atoms with Crippen LogP contribution in [0.2, 0.25) is 0 Å². The van der Waals surface area contributed by atoms with Crippen LogP contribution in [0, 0.1) is 0 Å². The van der Waals surface area contributed by atoms with Crippen LogP contribution in [0.4, 0.5) is 0 Å². The highest BCUT2D eigenvalue weighted by atomic mass is 31.3. The van der Waals surface area contributed by atoms with E-state index in [2.05, 4.69) is 25.1 Å². The Morgan fingerprint density at radius 1 is 1.03 bits per heavy atom. The topological polar surface area (TPSA) is 254 Å². The smallest absolute Gasteiger partial charge is 0.478 e. The van der Waals surface area contributed by atoms with Gasteiger partial charge in [0.1, 0.15) is 18.3 Å². The molecule has 1 saturated heterocycles. The molecule has 1 aliphatic rings. The number of nitrogens with zero attached hydrogens (tertiary/aromatic N) is 2. The molecule has 35 heavy (non-hydrogen) atoms. The number of unbranched alkanes of at least 4 members (excludes halogenated alkanes) is 3. The van der Waals surface area contributed by atoms with Crippen LogP contribution in [0.5, 0.6) is 5.88 Å². The van der Waals surface area contributed by atoms with Gasteiger partial charge in [-0.3, -0.25) is 9.09 Å². The van der Waals surface area contributed by atoms with Gasteiger partial charge in [0.15, 0.2) is 6.23 Å². The third-order valence-corrected chi connectivity index (χ3v) is 8.28. The largest absolute Gasteiger partial charge is 0.490 e. The molecular formula is C15H27N2O15P3. The molecule has 0 saturated carbocycles. The number of hydrogen-bond donors (Lipinski definition) is 6. The first-order chi connectivity index (χ1) is 16.1. The summed E-state index contributed by atoms with van der Waals surface area (Å²) in [6, 6.07) is 1.34. The average molecular weight is 568 g/mol. The molecule has 0 aliphatic carbocycles. The van der Waals surface area contributed by atoms with Crippen LogP contribution >= 0.6 is 23.5 Å². The fourth-order valence-corrected chi connectivity index (χ4v) is 5.97. The Bertz CT molecular complexity index is 1040. The van der Waals surface area contributed by atoms with Gasteiger partial charge in [-0.2, -0.15) is 13.6 Å². The van der Waals surface area contributed by atoms with Gasteiger partial charge in [-0.1, -0.05) is 26.2 Å². The Balaban J connectivity index is 1.98. The number of phosphoric acid groups is 3. The van der Waals surface area contributed by atoms with Crippen molar-refractivity contribution < 1.29 is 66.1 Å². The first-order valence-electron chi connectivity index (χ1n) is 10.2. The lowest BCUT2D eigenvalue weighted by molar-refractivity contribution is -0.0543. The summed E-state index contributed by atoms with van der Waals surface area (Å²) in [5, 5.41) is 20.4. The van der Waals surface area contributed by atoms with Crippen molar-refractivity contribution in [3.05, 3.63) is 22.7 Å². The molecule has 202 valence electrons. The van der Waals surface area contributed by atoms with Gasteiger partial charge in [-0.25, -0.2) is 18.5 Å². The molecule has 1 fully saturated rings. The molecule has 6 N–H and O–H groups in total. The van der Waals surface area contributed by atoms with Crippen molar-refractivity contribution >= 4 is 23.5 Å². The number of rotatable bonds is 14. The third-order valence-electron chi connectivity index (χ3n) is 4.48. The monoisotopic (exact) mass is 568 g/mol. The van der Waals surface area contributed by atoms with Crippen LogP contribution in [-0.4, -0.2) is 70.9 Å². The standard InChI is InChI=1S/C15H27N2O15P3/c1-2-3-4-5-8-28-11-6-7-17(15(20)16-11)14-13(19)12(18)10(30-14)9-29-34(24,25)32-35(26,27)31-33(21,22)23/h6-7,10,12-14,18-19H,2-5,8-9H2,1H3,(H,24,25)(H,26,27)(H2,21,22,23)/t10-,12-,13-,14-/m1/s1. The Morgan fingerprint density at radius 3 is 2.31 bits per heavy atom. The second-order valence-corrected chi connectivity index (χ2v) is 11.7. The van der Waals surface area contributed by atoms with Gasteiger partial charge in [0.05, 0.1) is 13.2 Å². The van der Waals surface area contributed by atoms with Crippen LogP contribution in [0.1, 0.15) is 38.8 Å².